The Morgan fingerprint density at radius 2 is 1.20 bits per heavy atom. The van der Waals surface area contributed by atoms with Gasteiger partial charge in [-0.25, -0.2) is 9.97 Å². The zero-order valence-corrected chi connectivity index (χ0v) is 25.6. The average molecular weight is 588 g/mol. The lowest BCUT2D eigenvalue weighted by atomic mass is 9.82. The first kappa shape index (κ1) is 25.5. The van der Waals surface area contributed by atoms with E-state index in [0.717, 1.165) is 33.2 Å². The maximum atomic E-state index is 5.43. The van der Waals surface area contributed by atoms with Crippen LogP contribution in [-0.4, -0.2) is 14.5 Å². The average Bonchev–Trinajstić information content (AvgIpc) is 3.54. The zero-order valence-electron chi connectivity index (χ0n) is 25.6. The van der Waals surface area contributed by atoms with E-state index in [1.807, 2.05) is 0 Å². The quantitative estimate of drug-likeness (QED) is 0.201. The molecule has 1 aliphatic carbocycles. The Bertz CT molecular complexity index is 2720. The Labute approximate surface area is 266 Å². The third-order valence-electron chi connectivity index (χ3n) is 10.2. The van der Waals surface area contributed by atoms with Crippen molar-refractivity contribution >= 4 is 54.3 Å². The minimum Gasteiger partial charge on any atom is -0.278 e. The van der Waals surface area contributed by atoms with Gasteiger partial charge >= 0.3 is 0 Å². The normalized spacial score (nSPS) is 13.6. The molecule has 0 amide bonds. The number of nitrogens with zero attached hydrogens (tertiary/aromatic N) is 3. The lowest BCUT2D eigenvalue weighted by molar-refractivity contribution is 0.661. The second kappa shape index (κ2) is 9.12. The molecule has 0 spiro atoms. The van der Waals surface area contributed by atoms with Crippen molar-refractivity contribution in [3.8, 4) is 28.3 Å². The van der Waals surface area contributed by atoms with Crippen LogP contribution in [0, 0.1) is 0 Å². The van der Waals surface area contributed by atoms with Crippen LogP contribution in [0.1, 0.15) is 25.0 Å². The molecule has 2 aromatic heterocycles. The Morgan fingerprint density at radius 3 is 2.11 bits per heavy atom. The van der Waals surface area contributed by atoms with Crippen molar-refractivity contribution in [3.63, 3.8) is 0 Å². The number of benzene rings is 7. The predicted molar refractivity (Wildman–Crippen MR) is 192 cm³/mol. The minimum atomic E-state index is -0.0589. The molecular formula is C43H29N3. The number of rotatable bonds is 2. The molecule has 0 unspecified atom stereocenters. The first-order valence-electron chi connectivity index (χ1n) is 15.9. The third-order valence-corrected chi connectivity index (χ3v) is 10.2. The number of para-hydroxylation sites is 2. The van der Waals surface area contributed by atoms with Gasteiger partial charge in [0.05, 0.1) is 22.2 Å². The largest absolute Gasteiger partial charge is 0.278 e. The summed E-state index contributed by atoms with van der Waals surface area (Å²) in [7, 11) is 0. The third kappa shape index (κ3) is 3.37. The Hall–Kier alpha value is -5.80. The Kier molecular flexibility index (Phi) is 5.06. The summed E-state index contributed by atoms with van der Waals surface area (Å²) in [4.78, 5) is 10.7. The number of hydrogen-bond donors (Lipinski definition) is 0. The van der Waals surface area contributed by atoms with Crippen molar-refractivity contribution in [1.82, 2.24) is 14.5 Å². The fraction of sp³-hybridized carbons (Fsp3) is 0.0698. The van der Waals surface area contributed by atoms with Gasteiger partial charge in [-0.1, -0.05) is 129 Å². The van der Waals surface area contributed by atoms with E-state index < -0.39 is 0 Å². The molecule has 0 atom stereocenters. The smallest absolute Gasteiger partial charge is 0.235 e. The molecule has 0 aliphatic heterocycles. The van der Waals surface area contributed by atoms with Gasteiger partial charge < -0.3 is 0 Å². The predicted octanol–water partition coefficient (Wildman–Crippen LogP) is 11.0. The first-order valence-corrected chi connectivity index (χ1v) is 15.9. The van der Waals surface area contributed by atoms with Crippen molar-refractivity contribution in [2.24, 2.45) is 0 Å². The molecule has 0 saturated heterocycles. The number of aromatic nitrogens is 3. The van der Waals surface area contributed by atoms with E-state index in [1.165, 1.54) is 54.6 Å². The first-order chi connectivity index (χ1) is 22.6. The monoisotopic (exact) mass is 587 g/mol. The van der Waals surface area contributed by atoms with E-state index in [1.54, 1.807) is 0 Å². The fourth-order valence-electron chi connectivity index (χ4n) is 8.01. The van der Waals surface area contributed by atoms with Crippen molar-refractivity contribution in [3.05, 3.63) is 151 Å². The van der Waals surface area contributed by atoms with Crippen LogP contribution in [0.2, 0.25) is 0 Å². The number of fused-ring (bicyclic) bond motifs is 10. The topological polar surface area (TPSA) is 30.7 Å². The van der Waals surface area contributed by atoms with E-state index in [4.69, 9.17) is 9.97 Å². The van der Waals surface area contributed by atoms with Crippen molar-refractivity contribution in [2.45, 2.75) is 19.3 Å². The van der Waals surface area contributed by atoms with Crippen molar-refractivity contribution in [2.75, 3.05) is 0 Å². The van der Waals surface area contributed by atoms with E-state index in [9.17, 15) is 0 Å². The summed E-state index contributed by atoms with van der Waals surface area (Å²) >= 11 is 0. The molecule has 0 fully saturated rings. The highest BCUT2D eigenvalue weighted by molar-refractivity contribution is 6.16. The molecule has 0 N–H and O–H groups in total. The maximum Gasteiger partial charge on any atom is 0.235 e. The van der Waals surface area contributed by atoms with Crippen LogP contribution in [-0.2, 0) is 5.41 Å². The highest BCUT2D eigenvalue weighted by Gasteiger charge is 2.36. The summed E-state index contributed by atoms with van der Waals surface area (Å²) in [6, 6.07) is 50.3. The van der Waals surface area contributed by atoms with Crippen LogP contribution < -0.4 is 0 Å². The summed E-state index contributed by atoms with van der Waals surface area (Å²) in [6.07, 6.45) is 0. The highest BCUT2D eigenvalue weighted by atomic mass is 15.2. The molecular weight excluding hydrogens is 558 g/mol. The van der Waals surface area contributed by atoms with Gasteiger partial charge in [-0.05, 0) is 68.1 Å². The van der Waals surface area contributed by atoms with Gasteiger partial charge in [-0.15, -0.1) is 0 Å². The second-order valence-electron chi connectivity index (χ2n) is 13.0. The van der Waals surface area contributed by atoms with Gasteiger partial charge in [0.1, 0.15) is 0 Å². The molecule has 3 nitrogen and oxygen atoms in total. The van der Waals surface area contributed by atoms with Gasteiger partial charge in [0.25, 0.3) is 0 Å². The number of hydrogen-bond acceptors (Lipinski definition) is 2. The van der Waals surface area contributed by atoms with Crippen molar-refractivity contribution in [1.29, 1.82) is 0 Å². The standard InChI is InChI=1S/C43H29N3/c1-43(2)35-19-8-5-16-31(35)40-33-25-39-34(24-27(33)22-23-36(40)43)29-15-7-10-21-38(29)46(39)42-44-37-20-9-6-17-32(37)41(45-42)30-18-11-13-26-12-3-4-14-28(26)30/h3-25H,1-2H3. The Balaban J connectivity index is 1.33. The Morgan fingerprint density at radius 1 is 0.478 bits per heavy atom. The molecule has 0 saturated carbocycles. The summed E-state index contributed by atoms with van der Waals surface area (Å²) in [5.74, 6) is 0.681. The molecule has 9 aromatic rings. The van der Waals surface area contributed by atoms with Gasteiger partial charge in [0.15, 0.2) is 0 Å². The summed E-state index contributed by atoms with van der Waals surface area (Å²) < 4.78 is 2.27. The van der Waals surface area contributed by atoms with Gasteiger partial charge in [0, 0.05) is 27.1 Å². The zero-order chi connectivity index (χ0) is 30.6. The second-order valence-corrected chi connectivity index (χ2v) is 13.0. The molecule has 1 aliphatic rings. The fourth-order valence-corrected chi connectivity index (χ4v) is 8.01. The summed E-state index contributed by atoms with van der Waals surface area (Å²) in [5.41, 5.74) is 10.6. The summed E-state index contributed by atoms with van der Waals surface area (Å²) in [5, 5.41) is 8.35. The minimum absolute atomic E-state index is 0.0589. The highest BCUT2D eigenvalue weighted by Crippen LogP contribution is 2.52. The van der Waals surface area contributed by atoms with Crippen LogP contribution in [0.15, 0.2) is 140 Å². The maximum absolute atomic E-state index is 5.43. The van der Waals surface area contributed by atoms with E-state index in [0.29, 0.717) is 5.95 Å². The molecule has 46 heavy (non-hydrogen) atoms. The van der Waals surface area contributed by atoms with Gasteiger partial charge in [-0.3, -0.25) is 4.57 Å². The van der Waals surface area contributed by atoms with Crippen LogP contribution in [0.25, 0.3) is 82.6 Å². The van der Waals surface area contributed by atoms with Crippen molar-refractivity contribution < 1.29 is 0 Å². The molecule has 0 bridgehead atoms. The molecule has 3 heteroatoms. The molecule has 216 valence electrons. The lowest BCUT2D eigenvalue weighted by Gasteiger charge is -2.21. The van der Waals surface area contributed by atoms with Gasteiger partial charge in [-0.2, -0.15) is 0 Å². The molecule has 10 rings (SSSR count). The summed E-state index contributed by atoms with van der Waals surface area (Å²) in [6.45, 7) is 4.69. The van der Waals surface area contributed by atoms with E-state index >= 15 is 0 Å². The SMILES string of the molecule is CC1(C)c2ccccc2-c2c1ccc1cc3c4ccccc4n(-c4nc(-c5cccc6ccccc56)c5ccccc5n4)c3cc21. The van der Waals surface area contributed by atoms with Crippen LogP contribution in [0.4, 0.5) is 0 Å². The van der Waals surface area contributed by atoms with E-state index in [-0.39, 0.29) is 5.41 Å². The van der Waals surface area contributed by atoms with Crippen LogP contribution in [0.5, 0.6) is 0 Å². The van der Waals surface area contributed by atoms with Gasteiger partial charge in [0.2, 0.25) is 5.95 Å². The lowest BCUT2D eigenvalue weighted by Crippen LogP contribution is -2.14. The molecule has 2 heterocycles. The molecule has 0 radical (unpaired) electrons. The van der Waals surface area contributed by atoms with E-state index in [2.05, 4.69) is 158 Å². The van der Waals surface area contributed by atoms with Crippen LogP contribution in [0.3, 0.4) is 0 Å². The molecule has 7 aromatic carbocycles. The van der Waals surface area contributed by atoms with Crippen LogP contribution >= 0.6 is 0 Å².